The minimum absolute atomic E-state index is 0.160. The number of nitrogens with zero attached hydrogens (tertiary/aromatic N) is 2. The maximum absolute atomic E-state index is 11.3. The van der Waals surface area contributed by atoms with E-state index >= 15 is 0 Å². The largest absolute Gasteiger partial charge is 0.387 e. The summed E-state index contributed by atoms with van der Waals surface area (Å²) in [6, 6.07) is 0. The van der Waals surface area contributed by atoms with E-state index in [1.807, 2.05) is 18.7 Å². The molecule has 0 amide bonds. The van der Waals surface area contributed by atoms with Crippen molar-refractivity contribution in [2.75, 3.05) is 26.9 Å². The normalized spacial score (nSPS) is 49.0. The van der Waals surface area contributed by atoms with Crippen molar-refractivity contribution in [3.63, 3.8) is 0 Å². The number of hydrogen-bond acceptors (Lipinski definition) is 5. The van der Waals surface area contributed by atoms with Gasteiger partial charge in [-0.3, -0.25) is 0 Å². The van der Waals surface area contributed by atoms with Crippen LogP contribution >= 0.6 is 0 Å². The van der Waals surface area contributed by atoms with Crippen LogP contribution in [0.15, 0.2) is 18.7 Å². The van der Waals surface area contributed by atoms with E-state index in [9.17, 15) is 5.11 Å². The van der Waals surface area contributed by atoms with E-state index < -0.39 is 17.9 Å². The summed E-state index contributed by atoms with van der Waals surface area (Å²) in [5.74, 6) is 2.14. The maximum Gasteiger partial charge on any atom is 0.189 e. The molecule has 5 aliphatic rings. The molecule has 0 radical (unpaired) electrons. The number of methoxy groups -OCH3 is 1. The molecule has 6 nitrogen and oxygen atoms in total. The Labute approximate surface area is 207 Å². The first-order chi connectivity index (χ1) is 17.1. The molecule has 1 aromatic rings. The van der Waals surface area contributed by atoms with Crippen molar-refractivity contribution < 1.29 is 22.1 Å². The Morgan fingerprint density at radius 1 is 1.06 bits per heavy atom. The summed E-state index contributed by atoms with van der Waals surface area (Å²) < 4.78 is 36.8. The molecule has 190 valence electrons. The van der Waals surface area contributed by atoms with E-state index in [1.54, 1.807) is 0 Å². The Kier molecular flexibility index (Phi) is 5.16. The number of imidazole rings is 1. The molecular weight excluding hydrogens is 428 g/mol. The van der Waals surface area contributed by atoms with Gasteiger partial charge in [0, 0.05) is 25.4 Å². The van der Waals surface area contributed by atoms with Gasteiger partial charge < -0.3 is 23.9 Å². The summed E-state index contributed by atoms with van der Waals surface area (Å²) in [6.45, 7) is 5.00. The minimum atomic E-state index is -2.00. The van der Waals surface area contributed by atoms with E-state index in [4.69, 9.17) is 17.0 Å². The second-order valence-electron chi connectivity index (χ2n) is 12.6. The Bertz CT molecular complexity index is 953. The second kappa shape index (κ2) is 8.29. The maximum atomic E-state index is 11.3. The lowest BCUT2D eigenvalue weighted by Crippen LogP contribution is -2.58. The lowest BCUT2D eigenvalue weighted by molar-refractivity contribution is -0.238. The topological polar surface area (TPSA) is 65.7 Å². The van der Waals surface area contributed by atoms with Crippen LogP contribution in [0.1, 0.15) is 74.4 Å². The molecule has 0 aromatic carbocycles. The number of aromatic nitrogens is 2. The highest BCUT2D eigenvalue weighted by molar-refractivity contribution is 5.12. The standard InChI is InChI=1S/C28H44N2O4/c1-25-10-11-27(31,18-32-3)16-20(25)4-5-21-22-6-7-24(26(22,2)9-8-23(21)25)28(33-14-15-34-28)17-30-13-12-29-19-30/h12-13,19-24,31H,4-11,14-18H2,1-3H3/t20-,21+,22+,23+,24+,25+,26+,27-/m1/s1/i18D2. The smallest absolute Gasteiger partial charge is 0.189 e. The summed E-state index contributed by atoms with van der Waals surface area (Å²) in [4.78, 5) is 4.25. The molecule has 6 rings (SSSR count). The molecule has 6 heteroatoms. The first-order valence-corrected chi connectivity index (χ1v) is 13.6. The Morgan fingerprint density at radius 3 is 2.59 bits per heavy atom. The number of rotatable bonds is 5. The fraction of sp³-hybridized carbons (Fsp3) is 0.893. The number of fused-ring (bicyclic) bond motifs is 5. The van der Waals surface area contributed by atoms with Crippen molar-refractivity contribution in [3.8, 4) is 0 Å². The van der Waals surface area contributed by atoms with Crippen molar-refractivity contribution in [1.82, 2.24) is 9.55 Å². The molecule has 8 atom stereocenters. The Hall–Kier alpha value is -0.950. The van der Waals surface area contributed by atoms with Crippen LogP contribution in [0.3, 0.4) is 0 Å². The van der Waals surface area contributed by atoms with Crippen LogP contribution in [-0.2, 0) is 20.8 Å². The van der Waals surface area contributed by atoms with E-state index in [-0.39, 0.29) is 10.8 Å². The van der Waals surface area contributed by atoms with Crippen molar-refractivity contribution in [2.45, 2.75) is 89.6 Å². The van der Waals surface area contributed by atoms with E-state index in [2.05, 4.69) is 23.4 Å². The summed E-state index contributed by atoms with van der Waals surface area (Å²) in [7, 11) is 1.37. The molecule has 1 saturated heterocycles. The zero-order valence-electron chi connectivity index (χ0n) is 23.2. The third-order valence-electron chi connectivity index (χ3n) is 11.3. The minimum Gasteiger partial charge on any atom is -0.387 e. The first kappa shape index (κ1) is 21.2. The van der Waals surface area contributed by atoms with Crippen LogP contribution < -0.4 is 0 Å². The second-order valence-corrected chi connectivity index (χ2v) is 12.6. The lowest BCUT2D eigenvalue weighted by atomic mass is 9.43. The molecule has 1 aromatic heterocycles. The van der Waals surface area contributed by atoms with E-state index in [0.29, 0.717) is 62.2 Å². The van der Waals surface area contributed by atoms with Gasteiger partial charge in [0.2, 0.25) is 0 Å². The van der Waals surface area contributed by atoms with E-state index in [1.165, 1.54) is 32.8 Å². The first-order valence-electron chi connectivity index (χ1n) is 14.6. The number of aliphatic hydroxyl groups is 1. The van der Waals surface area contributed by atoms with Crippen molar-refractivity contribution >= 4 is 0 Å². The van der Waals surface area contributed by atoms with Gasteiger partial charge in [-0.2, -0.15) is 0 Å². The highest BCUT2D eigenvalue weighted by Crippen LogP contribution is 2.69. The third-order valence-corrected chi connectivity index (χ3v) is 11.3. The fourth-order valence-electron chi connectivity index (χ4n) is 9.76. The SMILES string of the molecule is [2H]C([2H])(OC)[C@@]1(O)CC[C@@]2(C)[C@H](CC[C@@H]3[C@@H]2CC[C@]2(C)[C@@H](C4(Cn5ccnc5)OCCO4)CC[C@@H]32)C1. The van der Waals surface area contributed by atoms with Gasteiger partial charge in [0.1, 0.15) is 0 Å². The fourth-order valence-corrected chi connectivity index (χ4v) is 9.76. The zero-order valence-corrected chi connectivity index (χ0v) is 21.2. The van der Waals surface area contributed by atoms with Crippen LogP contribution in [-0.4, -0.2) is 52.9 Å². The molecular formula is C28H44N2O4. The third kappa shape index (κ3) is 3.46. The van der Waals surface area contributed by atoms with Crippen LogP contribution in [0.4, 0.5) is 0 Å². The molecule has 4 saturated carbocycles. The van der Waals surface area contributed by atoms with Gasteiger partial charge in [-0.1, -0.05) is 13.8 Å². The molecule has 0 spiro atoms. The molecule has 1 aliphatic heterocycles. The molecule has 1 N–H and O–H groups in total. The van der Waals surface area contributed by atoms with Crippen LogP contribution in [0.25, 0.3) is 0 Å². The predicted octanol–water partition coefficient (Wildman–Crippen LogP) is 4.66. The summed E-state index contributed by atoms with van der Waals surface area (Å²) in [6.07, 6.45) is 14.6. The van der Waals surface area contributed by atoms with Gasteiger partial charge in [0.05, 0.1) is 41.0 Å². The van der Waals surface area contributed by atoms with Crippen molar-refractivity contribution in [1.29, 1.82) is 0 Å². The molecule has 5 fully saturated rings. The highest BCUT2D eigenvalue weighted by atomic mass is 16.7. The van der Waals surface area contributed by atoms with Gasteiger partial charge in [0.25, 0.3) is 0 Å². The number of ether oxygens (including phenoxy) is 3. The molecule has 0 unspecified atom stereocenters. The Morgan fingerprint density at radius 2 is 1.85 bits per heavy atom. The van der Waals surface area contributed by atoms with Gasteiger partial charge in [-0.25, -0.2) is 4.98 Å². The summed E-state index contributed by atoms with van der Waals surface area (Å²) >= 11 is 0. The van der Waals surface area contributed by atoms with Crippen LogP contribution in [0.2, 0.25) is 0 Å². The Balaban J connectivity index is 1.24. The highest BCUT2D eigenvalue weighted by Gasteiger charge is 2.65. The van der Waals surface area contributed by atoms with Gasteiger partial charge in [-0.15, -0.1) is 0 Å². The van der Waals surface area contributed by atoms with Gasteiger partial charge in [-0.05, 0) is 92.3 Å². The van der Waals surface area contributed by atoms with Gasteiger partial charge in [0.15, 0.2) is 5.79 Å². The average molecular weight is 475 g/mol. The van der Waals surface area contributed by atoms with Gasteiger partial charge >= 0.3 is 0 Å². The number of hydrogen-bond donors (Lipinski definition) is 1. The predicted molar refractivity (Wildman–Crippen MR) is 129 cm³/mol. The molecule has 0 bridgehead atoms. The van der Waals surface area contributed by atoms with Crippen molar-refractivity contribution in [2.24, 2.45) is 40.4 Å². The lowest BCUT2D eigenvalue weighted by Gasteiger charge is -2.62. The molecule has 34 heavy (non-hydrogen) atoms. The summed E-state index contributed by atoms with van der Waals surface area (Å²) in [5, 5.41) is 11.3. The zero-order chi connectivity index (χ0) is 25.4. The van der Waals surface area contributed by atoms with Crippen LogP contribution in [0, 0.1) is 40.4 Å². The average Bonchev–Trinajstić information content (AvgIpc) is 3.60. The van der Waals surface area contributed by atoms with E-state index in [0.717, 1.165) is 19.3 Å². The monoisotopic (exact) mass is 474 g/mol. The van der Waals surface area contributed by atoms with Crippen LogP contribution in [0.5, 0.6) is 0 Å². The molecule has 2 heterocycles. The summed E-state index contributed by atoms with van der Waals surface area (Å²) in [5.41, 5.74) is -1.04. The molecule has 4 aliphatic carbocycles. The van der Waals surface area contributed by atoms with Crippen molar-refractivity contribution in [3.05, 3.63) is 18.7 Å². The quantitative estimate of drug-likeness (QED) is 0.672.